The molecule has 31 heavy (non-hydrogen) atoms. The minimum absolute atomic E-state index is 0.0270. The van der Waals surface area contributed by atoms with Crippen molar-refractivity contribution in [2.45, 2.75) is 64.3 Å². The maximum atomic E-state index is 13.4. The zero-order valence-electron chi connectivity index (χ0n) is 19.2. The molecule has 2 aromatic rings. The molecule has 2 unspecified atom stereocenters. The molecule has 1 aromatic carbocycles. The molecule has 0 N–H and O–H groups in total. The molecule has 2 heterocycles. The SMILES string of the molecule is CCCN(CC(=O)N1CCc2sccc2C1c1ccc(C(C)(C)C)cc1)C(=O)C(C)Cl. The van der Waals surface area contributed by atoms with E-state index in [1.54, 1.807) is 23.2 Å². The van der Waals surface area contributed by atoms with E-state index in [4.69, 9.17) is 11.6 Å². The number of alkyl halides is 1. The van der Waals surface area contributed by atoms with Crippen molar-refractivity contribution in [2.75, 3.05) is 19.6 Å². The van der Waals surface area contributed by atoms with Gasteiger partial charge < -0.3 is 9.80 Å². The first-order valence-electron chi connectivity index (χ1n) is 11.0. The first kappa shape index (κ1) is 23.8. The number of carbonyl (C=O) groups is 2. The lowest BCUT2D eigenvalue weighted by atomic mass is 9.85. The van der Waals surface area contributed by atoms with Crippen molar-refractivity contribution in [1.29, 1.82) is 0 Å². The number of halogens is 1. The Bertz CT molecular complexity index is 914. The van der Waals surface area contributed by atoms with Gasteiger partial charge in [-0.05, 0) is 53.3 Å². The lowest BCUT2D eigenvalue weighted by Crippen LogP contribution is -2.48. The van der Waals surface area contributed by atoms with Gasteiger partial charge in [0.05, 0.1) is 12.6 Å². The van der Waals surface area contributed by atoms with Crippen LogP contribution in [-0.4, -0.2) is 46.6 Å². The Balaban J connectivity index is 1.91. The minimum Gasteiger partial charge on any atom is -0.332 e. The van der Waals surface area contributed by atoms with Crippen LogP contribution in [-0.2, 0) is 21.4 Å². The Morgan fingerprint density at radius 3 is 2.48 bits per heavy atom. The van der Waals surface area contributed by atoms with E-state index in [2.05, 4.69) is 56.5 Å². The van der Waals surface area contributed by atoms with E-state index in [0.29, 0.717) is 13.1 Å². The molecule has 0 bridgehead atoms. The third-order valence-corrected chi connectivity index (χ3v) is 7.03. The number of amides is 2. The summed E-state index contributed by atoms with van der Waals surface area (Å²) < 4.78 is 0. The molecule has 1 aliphatic rings. The van der Waals surface area contributed by atoms with Crippen molar-refractivity contribution in [3.05, 3.63) is 57.3 Å². The molecular formula is C25H33ClN2O2S. The number of hydrogen-bond acceptors (Lipinski definition) is 3. The fourth-order valence-corrected chi connectivity index (χ4v) is 5.19. The highest BCUT2D eigenvalue weighted by molar-refractivity contribution is 7.10. The number of hydrogen-bond donors (Lipinski definition) is 0. The Labute approximate surface area is 195 Å². The van der Waals surface area contributed by atoms with Gasteiger partial charge in [-0.15, -0.1) is 22.9 Å². The molecule has 4 nitrogen and oxygen atoms in total. The molecule has 1 aromatic heterocycles. The van der Waals surface area contributed by atoms with Crippen molar-refractivity contribution < 1.29 is 9.59 Å². The van der Waals surface area contributed by atoms with Crippen LogP contribution in [0.4, 0.5) is 0 Å². The summed E-state index contributed by atoms with van der Waals surface area (Å²) in [5, 5.41) is 1.47. The lowest BCUT2D eigenvalue weighted by Gasteiger charge is -2.38. The number of nitrogens with zero attached hydrogens (tertiary/aromatic N) is 2. The van der Waals surface area contributed by atoms with Gasteiger partial charge in [0, 0.05) is 18.0 Å². The van der Waals surface area contributed by atoms with Crippen LogP contribution in [0.15, 0.2) is 35.7 Å². The molecule has 168 valence electrons. The molecule has 1 aliphatic heterocycles. The molecule has 0 saturated carbocycles. The summed E-state index contributed by atoms with van der Waals surface area (Å²) in [4.78, 5) is 30.8. The fourth-order valence-electron chi connectivity index (χ4n) is 4.15. The Morgan fingerprint density at radius 2 is 1.90 bits per heavy atom. The van der Waals surface area contributed by atoms with Crippen LogP contribution in [0.25, 0.3) is 0 Å². The van der Waals surface area contributed by atoms with Gasteiger partial charge in [0.25, 0.3) is 0 Å². The van der Waals surface area contributed by atoms with Crippen molar-refractivity contribution in [3.63, 3.8) is 0 Å². The molecule has 0 radical (unpaired) electrons. The first-order chi connectivity index (χ1) is 14.6. The Morgan fingerprint density at radius 1 is 1.23 bits per heavy atom. The van der Waals surface area contributed by atoms with E-state index < -0.39 is 5.38 Å². The summed E-state index contributed by atoms with van der Waals surface area (Å²) in [6.07, 6.45) is 1.64. The minimum atomic E-state index is -0.634. The summed E-state index contributed by atoms with van der Waals surface area (Å²) in [7, 11) is 0. The van der Waals surface area contributed by atoms with Crippen LogP contribution < -0.4 is 0 Å². The molecule has 0 saturated heterocycles. The normalized spacial score (nSPS) is 17.2. The molecule has 0 spiro atoms. The second-order valence-electron chi connectivity index (χ2n) is 9.29. The van der Waals surface area contributed by atoms with Crippen LogP contribution in [0.3, 0.4) is 0 Å². The topological polar surface area (TPSA) is 40.6 Å². The summed E-state index contributed by atoms with van der Waals surface area (Å²) in [5.41, 5.74) is 3.66. The van der Waals surface area contributed by atoms with E-state index in [1.807, 2.05) is 11.8 Å². The van der Waals surface area contributed by atoms with Crippen LogP contribution in [0, 0.1) is 0 Å². The van der Waals surface area contributed by atoms with Gasteiger partial charge >= 0.3 is 0 Å². The third-order valence-electron chi connectivity index (χ3n) is 5.85. The van der Waals surface area contributed by atoms with Gasteiger partial charge in [-0.2, -0.15) is 0 Å². The van der Waals surface area contributed by atoms with Gasteiger partial charge in [-0.1, -0.05) is 52.0 Å². The van der Waals surface area contributed by atoms with Crippen LogP contribution in [0.1, 0.15) is 68.6 Å². The highest BCUT2D eigenvalue weighted by Gasteiger charge is 2.34. The summed E-state index contributed by atoms with van der Waals surface area (Å²) in [6.45, 7) is 11.5. The molecule has 0 aliphatic carbocycles. The van der Waals surface area contributed by atoms with Crippen molar-refractivity contribution in [3.8, 4) is 0 Å². The third kappa shape index (κ3) is 5.32. The highest BCUT2D eigenvalue weighted by Crippen LogP contribution is 2.38. The average molecular weight is 461 g/mol. The van der Waals surface area contributed by atoms with Crippen LogP contribution in [0.5, 0.6) is 0 Å². The van der Waals surface area contributed by atoms with Gasteiger partial charge in [0.15, 0.2) is 0 Å². The fraction of sp³-hybridized carbons (Fsp3) is 0.520. The average Bonchev–Trinajstić information content (AvgIpc) is 3.20. The molecular weight excluding hydrogens is 428 g/mol. The zero-order valence-corrected chi connectivity index (χ0v) is 20.7. The van der Waals surface area contributed by atoms with Crippen molar-refractivity contribution in [2.24, 2.45) is 0 Å². The monoisotopic (exact) mass is 460 g/mol. The summed E-state index contributed by atoms with van der Waals surface area (Å²) in [5.74, 6) is -0.211. The predicted molar refractivity (Wildman–Crippen MR) is 129 cm³/mol. The number of benzene rings is 1. The lowest BCUT2D eigenvalue weighted by molar-refractivity contribution is -0.141. The smallest absolute Gasteiger partial charge is 0.242 e. The largest absolute Gasteiger partial charge is 0.332 e. The molecule has 0 fully saturated rings. The van der Waals surface area contributed by atoms with E-state index in [1.165, 1.54) is 16.0 Å². The Kier molecular flexibility index (Phi) is 7.48. The quantitative estimate of drug-likeness (QED) is 0.542. The van der Waals surface area contributed by atoms with Crippen LogP contribution in [0.2, 0.25) is 0 Å². The maximum absolute atomic E-state index is 13.4. The van der Waals surface area contributed by atoms with Crippen LogP contribution >= 0.6 is 22.9 Å². The predicted octanol–water partition coefficient (Wildman–Crippen LogP) is 5.39. The van der Waals surface area contributed by atoms with Gasteiger partial charge in [-0.25, -0.2) is 0 Å². The molecule has 6 heteroatoms. The zero-order chi connectivity index (χ0) is 22.8. The first-order valence-corrected chi connectivity index (χ1v) is 12.3. The van der Waals surface area contributed by atoms with Crippen molar-refractivity contribution >= 4 is 34.8 Å². The van der Waals surface area contributed by atoms with E-state index >= 15 is 0 Å². The standard InChI is InChI=1S/C25H33ClN2O2S/c1-6-13-27(24(30)17(2)26)16-22(29)28-14-11-21-20(12-15-31-21)23(28)18-7-9-19(10-8-18)25(3,4)5/h7-10,12,15,17,23H,6,11,13-14,16H2,1-5H3. The molecule has 2 amide bonds. The number of rotatable bonds is 6. The van der Waals surface area contributed by atoms with Gasteiger partial charge in [0.2, 0.25) is 11.8 Å². The van der Waals surface area contributed by atoms with E-state index in [0.717, 1.165) is 18.4 Å². The second-order valence-corrected chi connectivity index (χ2v) is 10.9. The number of carbonyl (C=O) groups excluding carboxylic acids is 2. The second kappa shape index (κ2) is 9.74. The molecule has 3 rings (SSSR count). The molecule has 2 atom stereocenters. The van der Waals surface area contributed by atoms with E-state index in [-0.39, 0.29) is 29.8 Å². The van der Waals surface area contributed by atoms with E-state index in [9.17, 15) is 9.59 Å². The summed E-state index contributed by atoms with van der Waals surface area (Å²) in [6, 6.07) is 10.6. The number of thiophene rings is 1. The van der Waals surface area contributed by atoms with Crippen molar-refractivity contribution in [1.82, 2.24) is 9.80 Å². The van der Waals surface area contributed by atoms with Gasteiger partial charge in [0.1, 0.15) is 5.38 Å². The number of fused-ring (bicyclic) bond motifs is 1. The summed E-state index contributed by atoms with van der Waals surface area (Å²) >= 11 is 7.80. The van der Waals surface area contributed by atoms with Gasteiger partial charge in [-0.3, -0.25) is 9.59 Å². The maximum Gasteiger partial charge on any atom is 0.242 e. The highest BCUT2D eigenvalue weighted by atomic mass is 35.5. The Hall–Kier alpha value is -1.85.